The van der Waals surface area contributed by atoms with Gasteiger partial charge in [0, 0.05) is 0 Å². The van der Waals surface area contributed by atoms with E-state index in [1.165, 1.54) is 44.9 Å². The van der Waals surface area contributed by atoms with Crippen molar-refractivity contribution in [3.05, 3.63) is 0 Å². The minimum Gasteiger partial charge on any atom is -0.405 e. The van der Waals surface area contributed by atoms with Crippen molar-refractivity contribution >= 4 is 7.12 Å². The van der Waals surface area contributed by atoms with Crippen molar-refractivity contribution < 1.29 is 9.31 Å². The Kier molecular flexibility index (Phi) is 3.29. The molecule has 5 fully saturated rings. The van der Waals surface area contributed by atoms with Gasteiger partial charge in [-0.05, 0) is 48.8 Å². The van der Waals surface area contributed by atoms with Crippen LogP contribution in [0.3, 0.4) is 0 Å². The summed E-state index contributed by atoms with van der Waals surface area (Å²) in [6.07, 6.45) is 9.91. The Morgan fingerprint density at radius 1 is 1.05 bits per heavy atom. The molecule has 0 N–H and O–H groups in total. The highest BCUT2D eigenvalue weighted by atomic mass is 16.7. The molecule has 1 heterocycles. The van der Waals surface area contributed by atoms with Gasteiger partial charge < -0.3 is 9.31 Å². The zero-order chi connectivity index (χ0) is 14.8. The van der Waals surface area contributed by atoms with Gasteiger partial charge in [0.25, 0.3) is 0 Å². The Morgan fingerprint density at radius 2 is 1.76 bits per heavy atom. The Hall–Kier alpha value is -0.0151. The molecule has 21 heavy (non-hydrogen) atoms. The summed E-state index contributed by atoms with van der Waals surface area (Å²) in [6.45, 7) is 9.59. The van der Waals surface area contributed by atoms with E-state index >= 15 is 0 Å². The predicted molar refractivity (Wildman–Crippen MR) is 86.1 cm³/mol. The monoisotopic (exact) mass is 290 g/mol. The van der Waals surface area contributed by atoms with Crippen molar-refractivity contribution in [1.29, 1.82) is 0 Å². The largest absolute Gasteiger partial charge is 0.460 e. The standard InChI is InChI=1S/C18H31BO2/c1-12(13-8-6-5-7-9-13)19-20-16-11-14-10-15(17(14,2)3)18(16,4)21-19/h12-16H,5-11H2,1-4H3/t12-,14?,15?,16+,18-/m0/s1. The minimum absolute atomic E-state index is 0.0220. The van der Waals surface area contributed by atoms with E-state index in [4.69, 9.17) is 9.31 Å². The number of hydrogen-bond acceptors (Lipinski definition) is 2. The fourth-order valence-corrected chi connectivity index (χ4v) is 6.01. The van der Waals surface area contributed by atoms with E-state index in [-0.39, 0.29) is 12.7 Å². The first-order chi connectivity index (χ1) is 9.93. The Morgan fingerprint density at radius 3 is 2.43 bits per heavy atom. The SMILES string of the molecule is C[C@H](B1O[C@@H]2CC3CC(C3(C)C)[C@]2(C)O1)C1CCCCC1. The van der Waals surface area contributed by atoms with E-state index in [9.17, 15) is 0 Å². The molecule has 0 amide bonds. The van der Waals surface area contributed by atoms with Gasteiger partial charge in [0.05, 0.1) is 11.7 Å². The molecule has 4 saturated carbocycles. The lowest BCUT2D eigenvalue weighted by Crippen LogP contribution is -2.65. The number of hydrogen-bond donors (Lipinski definition) is 0. The van der Waals surface area contributed by atoms with Gasteiger partial charge in [0.2, 0.25) is 0 Å². The summed E-state index contributed by atoms with van der Waals surface area (Å²) in [5, 5.41) is 0. The van der Waals surface area contributed by atoms with Gasteiger partial charge in [-0.2, -0.15) is 0 Å². The van der Waals surface area contributed by atoms with Crippen molar-refractivity contribution in [2.45, 2.75) is 90.2 Å². The Bertz CT molecular complexity index is 417. The van der Waals surface area contributed by atoms with Crippen molar-refractivity contribution in [2.75, 3.05) is 0 Å². The van der Waals surface area contributed by atoms with Crippen LogP contribution in [0.4, 0.5) is 0 Å². The summed E-state index contributed by atoms with van der Waals surface area (Å²) in [7, 11) is 0.0539. The highest BCUT2D eigenvalue weighted by Gasteiger charge is 2.68. The first kappa shape index (κ1) is 14.6. The van der Waals surface area contributed by atoms with Gasteiger partial charge in [-0.3, -0.25) is 0 Å². The summed E-state index contributed by atoms with van der Waals surface area (Å²) in [5.41, 5.74) is 0.434. The molecule has 2 bridgehead atoms. The van der Waals surface area contributed by atoms with Gasteiger partial charge in [0.1, 0.15) is 0 Å². The summed E-state index contributed by atoms with van der Waals surface area (Å²) in [4.78, 5) is 0. The van der Waals surface area contributed by atoms with E-state index in [1.54, 1.807) is 0 Å². The van der Waals surface area contributed by atoms with Crippen LogP contribution in [0.25, 0.3) is 0 Å². The molecule has 2 nitrogen and oxygen atoms in total. The van der Waals surface area contributed by atoms with E-state index in [2.05, 4.69) is 27.7 Å². The maximum Gasteiger partial charge on any atom is 0.460 e. The molecule has 2 unspecified atom stereocenters. The summed E-state index contributed by atoms with van der Waals surface area (Å²) >= 11 is 0. The van der Waals surface area contributed by atoms with Crippen LogP contribution in [0, 0.1) is 23.2 Å². The van der Waals surface area contributed by atoms with Crippen molar-refractivity contribution in [2.24, 2.45) is 23.2 Å². The first-order valence-electron chi connectivity index (χ1n) is 9.26. The molecular formula is C18H31BO2. The van der Waals surface area contributed by atoms with Gasteiger partial charge in [0.15, 0.2) is 0 Å². The van der Waals surface area contributed by atoms with Crippen molar-refractivity contribution in [1.82, 2.24) is 0 Å². The molecule has 118 valence electrons. The first-order valence-corrected chi connectivity index (χ1v) is 9.26. The molecule has 0 aromatic heterocycles. The molecule has 0 spiro atoms. The Labute approximate surface area is 130 Å². The normalized spacial score (nSPS) is 46.9. The lowest BCUT2D eigenvalue weighted by Gasteiger charge is -2.64. The zero-order valence-electron chi connectivity index (χ0n) is 14.2. The molecule has 5 rings (SSSR count). The maximum atomic E-state index is 6.63. The topological polar surface area (TPSA) is 18.5 Å². The summed E-state index contributed by atoms with van der Waals surface area (Å²) in [5.74, 6) is 2.92. The average Bonchev–Trinajstić information content (AvgIpc) is 2.84. The van der Waals surface area contributed by atoms with E-state index < -0.39 is 0 Å². The van der Waals surface area contributed by atoms with E-state index in [1.807, 2.05) is 0 Å². The molecule has 1 saturated heterocycles. The average molecular weight is 290 g/mol. The molecule has 0 aromatic rings. The van der Waals surface area contributed by atoms with Crippen LogP contribution in [0.2, 0.25) is 5.82 Å². The van der Waals surface area contributed by atoms with Crippen LogP contribution in [-0.2, 0) is 9.31 Å². The second-order valence-corrected chi connectivity index (χ2v) is 9.09. The third-order valence-corrected chi connectivity index (χ3v) is 7.79. The van der Waals surface area contributed by atoms with Crippen LogP contribution < -0.4 is 0 Å². The van der Waals surface area contributed by atoms with E-state index in [0.29, 0.717) is 23.3 Å². The van der Waals surface area contributed by atoms with Gasteiger partial charge in [-0.15, -0.1) is 0 Å². The molecule has 0 radical (unpaired) electrons. The molecule has 5 aliphatic rings. The van der Waals surface area contributed by atoms with Gasteiger partial charge in [-0.1, -0.05) is 52.9 Å². The molecule has 0 aromatic carbocycles. The van der Waals surface area contributed by atoms with Gasteiger partial charge >= 0.3 is 7.12 Å². The van der Waals surface area contributed by atoms with Gasteiger partial charge in [-0.25, -0.2) is 0 Å². The summed E-state index contributed by atoms with van der Waals surface area (Å²) < 4.78 is 13.1. The van der Waals surface area contributed by atoms with Crippen molar-refractivity contribution in [3.63, 3.8) is 0 Å². The fourth-order valence-electron chi connectivity index (χ4n) is 6.01. The minimum atomic E-state index is -0.0220. The second-order valence-electron chi connectivity index (χ2n) is 9.09. The smallest absolute Gasteiger partial charge is 0.405 e. The highest BCUT2D eigenvalue weighted by Crippen LogP contribution is 2.66. The Balaban J connectivity index is 1.49. The van der Waals surface area contributed by atoms with E-state index in [0.717, 1.165) is 11.8 Å². The van der Waals surface area contributed by atoms with Crippen LogP contribution in [0.15, 0.2) is 0 Å². The highest BCUT2D eigenvalue weighted by molar-refractivity contribution is 6.47. The molecule has 4 aliphatic carbocycles. The molecule has 1 aliphatic heterocycles. The van der Waals surface area contributed by atoms with Crippen molar-refractivity contribution in [3.8, 4) is 0 Å². The summed E-state index contributed by atoms with van der Waals surface area (Å²) in [6, 6.07) is 0. The third kappa shape index (κ3) is 1.99. The lowest BCUT2D eigenvalue weighted by atomic mass is 9.43. The molecular weight excluding hydrogens is 259 g/mol. The van der Waals surface area contributed by atoms with Crippen LogP contribution in [0.5, 0.6) is 0 Å². The molecule has 5 atom stereocenters. The quantitative estimate of drug-likeness (QED) is 0.687. The zero-order valence-corrected chi connectivity index (χ0v) is 14.2. The maximum absolute atomic E-state index is 6.63. The van der Waals surface area contributed by atoms with Crippen LogP contribution in [-0.4, -0.2) is 18.8 Å². The fraction of sp³-hybridized carbons (Fsp3) is 1.00. The molecule has 3 heteroatoms. The lowest BCUT2D eigenvalue weighted by molar-refractivity contribution is -0.199. The predicted octanol–water partition coefficient (Wildman–Crippen LogP) is 4.69. The number of rotatable bonds is 2. The van der Waals surface area contributed by atoms with Crippen LogP contribution >= 0.6 is 0 Å². The second kappa shape index (κ2) is 4.74. The van der Waals surface area contributed by atoms with Crippen LogP contribution in [0.1, 0.15) is 72.6 Å². The third-order valence-electron chi connectivity index (χ3n) is 7.79.